The van der Waals surface area contributed by atoms with E-state index in [9.17, 15) is 10.2 Å². The fourth-order valence-electron chi connectivity index (χ4n) is 3.56. The summed E-state index contributed by atoms with van der Waals surface area (Å²) in [6.07, 6.45) is 1.34. The summed E-state index contributed by atoms with van der Waals surface area (Å²) < 4.78 is 6.41. The zero-order valence-electron chi connectivity index (χ0n) is 17.1. The average Bonchev–Trinajstić information content (AvgIpc) is 2.79. The molecule has 0 bridgehead atoms. The van der Waals surface area contributed by atoms with Crippen molar-refractivity contribution in [3.05, 3.63) is 90.0 Å². The van der Waals surface area contributed by atoms with E-state index >= 15 is 0 Å². The molecule has 0 aromatic heterocycles. The first-order valence-electron chi connectivity index (χ1n) is 10.2. The second kappa shape index (κ2) is 9.73. The van der Waals surface area contributed by atoms with Gasteiger partial charge in [0.2, 0.25) is 0 Å². The molecule has 1 unspecified atom stereocenters. The van der Waals surface area contributed by atoms with Gasteiger partial charge < -0.3 is 14.9 Å². The molecule has 0 saturated carbocycles. The van der Waals surface area contributed by atoms with Crippen LogP contribution in [0.15, 0.2) is 72.8 Å². The lowest BCUT2D eigenvalue weighted by molar-refractivity contribution is -0.0115. The van der Waals surface area contributed by atoms with Gasteiger partial charge in [0.15, 0.2) is 0 Å². The molecule has 29 heavy (non-hydrogen) atoms. The van der Waals surface area contributed by atoms with E-state index in [1.807, 2.05) is 62.4 Å². The van der Waals surface area contributed by atoms with Crippen LogP contribution in [0, 0.1) is 6.07 Å². The maximum Gasteiger partial charge on any atom is 0.127 e. The molecule has 3 aromatic carbocycles. The fourth-order valence-corrected chi connectivity index (χ4v) is 3.56. The van der Waals surface area contributed by atoms with Crippen LogP contribution in [0.2, 0.25) is 0 Å². The minimum atomic E-state index is -0.829. The lowest BCUT2D eigenvalue weighted by Crippen LogP contribution is -2.31. The van der Waals surface area contributed by atoms with Gasteiger partial charge >= 0.3 is 0 Å². The first-order valence-corrected chi connectivity index (χ1v) is 10.2. The van der Waals surface area contributed by atoms with E-state index in [-0.39, 0.29) is 12.7 Å². The van der Waals surface area contributed by atoms with Gasteiger partial charge in [0.05, 0.1) is 12.2 Å². The molecular formula is C26H29O3. The summed E-state index contributed by atoms with van der Waals surface area (Å²) in [6, 6.07) is 26.7. The highest BCUT2D eigenvalue weighted by Crippen LogP contribution is 2.35. The van der Waals surface area contributed by atoms with Crippen molar-refractivity contribution < 1.29 is 14.9 Å². The Hall–Kier alpha value is -2.62. The molecule has 0 spiro atoms. The summed E-state index contributed by atoms with van der Waals surface area (Å²) in [5, 5.41) is 20.8. The van der Waals surface area contributed by atoms with Crippen LogP contribution in [0.4, 0.5) is 0 Å². The molecule has 0 fully saturated rings. The van der Waals surface area contributed by atoms with Crippen molar-refractivity contribution in [1.82, 2.24) is 0 Å². The topological polar surface area (TPSA) is 49.7 Å². The summed E-state index contributed by atoms with van der Waals surface area (Å²) >= 11 is 0. The molecule has 0 amide bonds. The second-order valence-corrected chi connectivity index (χ2v) is 7.42. The molecule has 1 radical (unpaired) electrons. The average molecular weight is 390 g/mol. The second-order valence-electron chi connectivity index (χ2n) is 7.42. The van der Waals surface area contributed by atoms with Gasteiger partial charge in [-0.1, -0.05) is 68.4 Å². The Kier molecular flexibility index (Phi) is 7.08. The van der Waals surface area contributed by atoms with E-state index in [0.29, 0.717) is 19.3 Å². The fraction of sp³-hybridized carbons (Fsp3) is 0.308. The molecule has 1 atom stereocenters. The summed E-state index contributed by atoms with van der Waals surface area (Å²) in [6.45, 7) is 3.89. The maximum absolute atomic E-state index is 11.0. The Morgan fingerprint density at radius 3 is 2.38 bits per heavy atom. The van der Waals surface area contributed by atoms with Crippen molar-refractivity contribution in [2.45, 2.75) is 51.4 Å². The zero-order valence-corrected chi connectivity index (χ0v) is 17.1. The molecule has 3 nitrogen and oxygen atoms in total. The molecule has 151 valence electrons. The molecule has 3 aromatic rings. The molecule has 3 rings (SSSR count). The predicted octanol–water partition coefficient (Wildman–Crippen LogP) is 5.71. The van der Waals surface area contributed by atoms with E-state index in [1.54, 1.807) is 6.07 Å². The monoisotopic (exact) mass is 389 g/mol. The lowest BCUT2D eigenvalue weighted by atomic mass is 9.87. The van der Waals surface area contributed by atoms with Crippen LogP contribution in [-0.2, 0) is 6.61 Å². The highest BCUT2D eigenvalue weighted by atomic mass is 16.5. The number of ether oxygens (including phenoxy) is 1. The first kappa shape index (κ1) is 21.1. The number of benzene rings is 3. The number of aliphatic hydroxyl groups is 2. The van der Waals surface area contributed by atoms with Crippen LogP contribution in [0.1, 0.15) is 50.3 Å². The minimum absolute atomic E-state index is 0.0788. The van der Waals surface area contributed by atoms with Crippen LogP contribution < -0.4 is 4.74 Å². The Morgan fingerprint density at radius 1 is 0.966 bits per heavy atom. The maximum atomic E-state index is 11.0. The molecule has 3 heteroatoms. The molecular weight excluding hydrogens is 360 g/mol. The smallest absolute Gasteiger partial charge is 0.127 e. The van der Waals surface area contributed by atoms with Gasteiger partial charge in [0, 0.05) is 6.42 Å². The van der Waals surface area contributed by atoms with Crippen LogP contribution in [0.5, 0.6) is 5.75 Å². The van der Waals surface area contributed by atoms with E-state index in [4.69, 9.17) is 4.74 Å². The van der Waals surface area contributed by atoms with Crippen molar-refractivity contribution >= 4 is 0 Å². The summed E-state index contributed by atoms with van der Waals surface area (Å²) in [5.74, 6) is 0.735. The van der Waals surface area contributed by atoms with Crippen LogP contribution in [0.3, 0.4) is 0 Å². The third kappa shape index (κ3) is 5.26. The quantitative estimate of drug-likeness (QED) is 0.493. The normalized spacial score (nSPS) is 12.6. The number of aliphatic hydroxyl groups excluding tert-OH is 1. The lowest BCUT2D eigenvalue weighted by Gasteiger charge is -2.31. The largest absolute Gasteiger partial charge is 0.486 e. The van der Waals surface area contributed by atoms with Crippen molar-refractivity contribution in [3.63, 3.8) is 0 Å². The number of rotatable bonds is 9. The van der Waals surface area contributed by atoms with Crippen LogP contribution in [0.25, 0.3) is 11.1 Å². The first-order chi connectivity index (χ1) is 14.1. The third-order valence-corrected chi connectivity index (χ3v) is 5.61. The van der Waals surface area contributed by atoms with Gasteiger partial charge in [0.25, 0.3) is 0 Å². The van der Waals surface area contributed by atoms with Gasteiger partial charge in [-0.15, -0.1) is 0 Å². The summed E-state index contributed by atoms with van der Waals surface area (Å²) in [4.78, 5) is 0. The van der Waals surface area contributed by atoms with Gasteiger partial charge in [-0.2, -0.15) is 0 Å². The Balaban J connectivity index is 1.95. The summed E-state index contributed by atoms with van der Waals surface area (Å²) in [7, 11) is 0. The van der Waals surface area contributed by atoms with E-state index in [0.717, 1.165) is 28.0 Å². The molecule has 0 aliphatic heterocycles. The molecule has 2 N–H and O–H groups in total. The van der Waals surface area contributed by atoms with Crippen LogP contribution in [-0.4, -0.2) is 15.8 Å². The van der Waals surface area contributed by atoms with Crippen molar-refractivity contribution in [2.24, 2.45) is 0 Å². The minimum Gasteiger partial charge on any atom is -0.486 e. The number of hydrogen-bond acceptors (Lipinski definition) is 3. The Bertz CT molecular complexity index is 901. The van der Waals surface area contributed by atoms with Crippen molar-refractivity contribution in [2.75, 3.05) is 0 Å². The Labute approximate surface area is 173 Å². The molecule has 0 aliphatic rings. The zero-order chi connectivity index (χ0) is 20.7. The van der Waals surface area contributed by atoms with Gasteiger partial charge in [-0.05, 0) is 59.4 Å². The van der Waals surface area contributed by atoms with Gasteiger partial charge in [0.1, 0.15) is 11.9 Å². The number of hydrogen-bond donors (Lipinski definition) is 2. The predicted molar refractivity (Wildman–Crippen MR) is 117 cm³/mol. The molecule has 0 heterocycles. The third-order valence-electron chi connectivity index (χ3n) is 5.61. The molecule has 0 saturated heterocycles. The highest BCUT2D eigenvalue weighted by molar-refractivity contribution is 5.64. The van der Waals surface area contributed by atoms with Crippen LogP contribution >= 0.6 is 0 Å². The van der Waals surface area contributed by atoms with Gasteiger partial charge in [-0.25, -0.2) is 0 Å². The van der Waals surface area contributed by atoms with E-state index < -0.39 is 5.60 Å². The summed E-state index contributed by atoms with van der Waals surface area (Å²) in [5.41, 5.74) is 3.02. The highest BCUT2D eigenvalue weighted by Gasteiger charge is 2.30. The SMILES string of the molecule is CCC(O)(CC)CC(Oc1cccc(-c2ccccc2)c1)c1c[c]ccc1CO. The van der Waals surface area contributed by atoms with E-state index in [1.165, 1.54) is 0 Å². The van der Waals surface area contributed by atoms with E-state index in [2.05, 4.69) is 24.3 Å². The molecule has 0 aliphatic carbocycles. The Morgan fingerprint density at radius 2 is 1.69 bits per heavy atom. The van der Waals surface area contributed by atoms with Crippen molar-refractivity contribution in [1.29, 1.82) is 0 Å². The van der Waals surface area contributed by atoms with Crippen molar-refractivity contribution in [3.8, 4) is 16.9 Å². The van der Waals surface area contributed by atoms with Gasteiger partial charge in [-0.3, -0.25) is 0 Å². The standard InChI is InChI=1S/C26H29O3/c1-3-26(28,4-2)18-25(24-16-9-8-13-22(24)19-27)29-23-15-10-14-21(17-23)20-11-6-5-7-12-20/h5-8,10-17,25,27-28H,3-4,18-19H2,1-2H3.